The van der Waals surface area contributed by atoms with Crippen molar-refractivity contribution in [1.29, 1.82) is 0 Å². The summed E-state index contributed by atoms with van der Waals surface area (Å²) >= 11 is 0. The lowest BCUT2D eigenvalue weighted by Gasteiger charge is -2.45. The van der Waals surface area contributed by atoms with Crippen molar-refractivity contribution in [3.8, 4) is 5.75 Å². The lowest BCUT2D eigenvalue weighted by atomic mass is 9.86. The van der Waals surface area contributed by atoms with E-state index in [1.165, 1.54) is 4.90 Å². The number of nitrogens with zero attached hydrogens (tertiary/aromatic N) is 1. The number of rotatable bonds is 4. The maximum atomic E-state index is 12.0. The summed E-state index contributed by atoms with van der Waals surface area (Å²) in [6.45, 7) is 0.662. The molecule has 2 aromatic carbocycles. The molecule has 1 saturated heterocycles. The van der Waals surface area contributed by atoms with Gasteiger partial charge in [0.15, 0.2) is 0 Å². The van der Waals surface area contributed by atoms with E-state index >= 15 is 0 Å². The number of hydrogen-bond acceptors (Lipinski definition) is 4. The number of likely N-dealkylation sites (tertiary alicyclic amines) is 1. The van der Waals surface area contributed by atoms with Gasteiger partial charge in [-0.25, -0.2) is 4.79 Å². The number of ether oxygens (including phenoxy) is 2. The zero-order valence-electron chi connectivity index (χ0n) is 12.9. The Morgan fingerprint density at radius 2 is 1.91 bits per heavy atom. The number of β-amino-alcohol motifs (C(OH)–C–C–N with tert-alkyl or cyclic N) is 1. The molecule has 1 aliphatic rings. The fourth-order valence-electron chi connectivity index (χ4n) is 2.62. The highest BCUT2D eigenvalue weighted by Crippen LogP contribution is 2.33. The van der Waals surface area contributed by atoms with Crippen molar-refractivity contribution in [1.82, 2.24) is 4.90 Å². The molecule has 2 aromatic rings. The third-order valence-corrected chi connectivity index (χ3v) is 3.98. The Hall–Kier alpha value is -2.53. The van der Waals surface area contributed by atoms with Gasteiger partial charge in [0.1, 0.15) is 18.0 Å². The maximum Gasteiger partial charge on any atom is 0.410 e. The first kappa shape index (κ1) is 15.4. The lowest BCUT2D eigenvalue weighted by Crippen LogP contribution is -2.61. The zero-order valence-corrected chi connectivity index (χ0v) is 12.9. The molecule has 120 valence electrons. The molecule has 0 aliphatic carbocycles. The van der Waals surface area contributed by atoms with E-state index in [1.54, 1.807) is 13.2 Å². The van der Waals surface area contributed by atoms with Gasteiger partial charge in [0, 0.05) is 0 Å². The Morgan fingerprint density at radius 3 is 2.61 bits per heavy atom. The van der Waals surface area contributed by atoms with E-state index < -0.39 is 11.7 Å². The molecule has 0 saturated carbocycles. The molecule has 1 aliphatic heterocycles. The monoisotopic (exact) mass is 313 g/mol. The van der Waals surface area contributed by atoms with Gasteiger partial charge in [0.25, 0.3) is 0 Å². The molecule has 0 unspecified atom stereocenters. The highest BCUT2D eigenvalue weighted by molar-refractivity contribution is 5.69. The summed E-state index contributed by atoms with van der Waals surface area (Å²) < 4.78 is 10.4. The highest BCUT2D eigenvalue weighted by Gasteiger charge is 2.45. The zero-order chi connectivity index (χ0) is 16.3. The normalized spacial score (nSPS) is 15.7. The van der Waals surface area contributed by atoms with Crippen LogP contribution in [-0.2, 0) is 16.9 Å². The van der Waals surface area contributed by atoms with Crippen LogP contribution in [0, 0.1) is 0 Å². The summed E-state index contributed by atoms with van der Waals surface area (Å²) in [4.78, 5) is 13.5. The van der Waals surface area contributed by atoms with Crippen molar-refractivity contribution in [2.75, 3.05) is 20.2 Å². The quantitative estimate of drug-likeness (QED) is 0.942. The molecule has 1 N–H and O–H groups in total. The van der Waals surface area contributed by atoms with E-state index in [0.29, 0.717) is 5.75 Å². The van der Waals surface area contributed by atoms with Crippen molar-refractivity contribution in [3.05, 3.63) is 65.7 Å². The van der Waals surface area contributed by atoms with E-state index in [1.807, 2.05) is 48.5 Å². The van der Waals surface area contributed by atoms with E-state index in [2.05, 4.69) is 0 Å². The molecule has 0 aromatic heterocycles. The van der Waals surface area contributed by atoms with Crippen LogP contribution in [0.25, 0.3) is 0 Å². The van der Waals surface area contributed by atoms with E-state index in [-0.39, 0.29) is 19.7 Å². The van der Waals surface area contributed by atoms with Gasteiger partial charge in [-0.15, -0.1) is 0 Å². The molecule has 5 nitrogen and oxygen atoms in total. The molecule has 3 rings (SSSR count). The molecule has 1 fully saturated rings. The molecule has 0 spiro atoms. The number of carbonyl (C=O) groups excluding carboxylic acids is 1. The Balaban J connectivity index is 1.56. The van der Waals surface area contributed by atoms with Crippen molar-refractivity contribution < 1.29 is 19.4 Å². The predicted molar refractivity (Wildman–Crippen MR) is 85.1 cm³/mol. The van der Waals surface area contributed by atoms with Crippen molar-refractivity contribution in [2.45, 2.75) is 12.2 Å². The van der Waals surface area contributed by atoms with Crippen LogP contribution >= 0.6 is 0 Å². The lowest BCUT2D eigenvalue weighted by molar-refractivity contribution is -0.0950. The number of methoxy groups -OCH3 is 1. The second-order valence-corrected chi connectivity index (χ2v) is 5.66. The van der Waals surface area contributed by atoms with Gasteiger partial charge in [-0.1, -0.05) is 42.5 Å². The van der Waals surface area contributed by atoms with Crippen molar-refractivity contribution in [2.24, 2.45) is 0 Å². The molecule has 0 radical (unpaired) electrons. The topological polar surface area (TPSA) is 59.0 Å². The first-order chi connectivity index (χ1) is 11.1. The van der Waals surface area contributed by atoms with Crippen LogP contribution in [0.2, 0.25) is 0 Å². The number of benzene rings is 2. The molecule has 5 heteroatoms. The summed E-state index contributed by atoms with van der Waals surface area (Å²) in [6, 6.07) is 16.8. The first-order valence-corrected chi connectivity index (χ1v) is 7.43. The van der Waals surface area contributed by atoms with Crippen molar-refractivity contribution in [3.63, 3.8) is 0 Å². The van der Waals surface area contributed by atoms with Gasteiger partial charge >= 0.3 is 6.09 Å². The molecule has 0 atom stereocenters. The van der Waals surface area contributed by atoms with Crippen LogP contribution in [0.3, 0.4) is 0 Å². The van der Waals surface area contributed by atoms with Gasteiger partial charge < -0.3 is 19.5 Å². The summed E-state index contributed by atoms with van der Waals surface area (Å²) in [5.41, 5.74) is 0.633. The third kappa shape index (κ3) is 3.29. The van der Waals surface area contributed by atoms with Crippen LogP contribution < -0.4 is 4.74 Å². The third-order valence-electron chi connectivity index (χ3n) is 3.98. The van der Waals surface area contributed by atoms with Crippen molar-refractivity contribution >= 4 is 6.09 Å². The molecular weight excluding hydrogens is 294 g/mol. The second-order valence-electron chi connectivity index (χ2n) is 5.66. The van der Waals surface area contributed by atoms with Crippen LogP contribution in [-0.4, -0.2) is 36.3 Å². The Morgan fingerprint density at radius 1 is 1.17 bits per heavy atom. The predicted octanol–water partition coefficient (Wildman–Crippen LogP) is 2.54. The van der Waals surface area contributed by atoms with Gasteiger partial charge in [-0.2, -0.15) is 0 Å². The average Bonchev–Trinajstić information content (AvgIpc) is 2.57. The molecule has 1 amide bonds. The van der Waals surface area contributed by atoms with E-state index in [0.717, 1.165) is 11.1 Å². The Kier molecular flexibility index (Phi) is 4.21. The highest BCUT2D eigenvalue weighted by atomic mass is 16.6. The number of amides is 1. The number of hydrogen-bond donors (Lipinski definition) is 1. The number of carbonyl (C=O) groups is 1. The van der Waals surface area contributed by atoms with Gasteiger partial charge in [-0.3, -0.25) is 0 Å². The van der Waals surface area contributed by atoms with E-state index in [9.17, 15) is 9.90 Å². The second kappa shape index (κ2) is 6.30. The molecular formula is C18H19NO4. The maximum absolute atomic E-state index is 12.0. The summed E-state index contributed by atoms with van der Waals surface area (Å²) in [6.07, 6.45) is -0.415. The molecule has 1 heterocycles. The smallest absolute Gasteiger partial charge is 0.410 e. The fraction of sp³-hybridized carbons (Fsp3) is 0.278. The van der Waals surface area contributed by atoms with Crippen LogP contribution in [0.1, 0.15) is 11.1 Å². The van der Waals surface area contributed by atoms with Crippen LogP contribution in [0.15, 0.2) is 54.6 Å². The minimum absolute atomic E-state index is 0.216. The molecule has 23 heavy (non-hydrogen) atoms. The number of aliphatic hydroxyl groups is 1. The molecule has 0 bridgehead atoms. The standard InChI is InChI=1S/C18H19NO4/c1-22-16-9-5-8-15(10-16)18(21)12-19(13-18)17(20)23-11-14-6-3-2-4-7-14/h2-10,21H,11-13H2,1H3. The summed E-state index contributed by atoms with van der Waals surface area (Å²) in [5.74, 6) is 0.682. The minimum atomic E-state index is -1.04. The Bertz CT molecular complexity index is 680. The van der Waals surface area contributed by atoms with Gasteiger partial charge in [-0.05, 0) is 23.3 Å². The largest absolute Gasteiger partial charge is 0.497 e. The van der Waals surface area contributed by atoms with Gasteiger partial charge in [0.2, 0.25) is 0 Å². The summed E-state index contributed by atoms with van der Waals surface area (Å²) in [7, 11) is 1.58. The average molecular weight is 313 g/mol. The van der Waals surface area contributed by atoms with E-state index in [4.69, 9.17) is 9.47 Å². The van der Waals surface area contributed by atoms with Gasteiger partial charge in [0.05, 0.1) is 20.2 Å². The van der Waals surface area contributed by atoms with Crippen LogP contribution in [0.5, 0.6) is 5.75 Å². The SMILES string of the molecule is COc1cccc(C2(O)CN(C(=O)OCc3ccccc3)C2)c1. The van der Waals surface area contributed by atoms with Crippen LogP contribution in [0.4, 0.5) is 4.79 Å². The minimum Gasteiger partial charge on any atom is -0.497 e. The summed E-state index contributed by atoms with van der Waals surface area (Å²) in [5, 5.41) is 10.6. The Labute approximate surface area is 135 Å². The first-order valence-electron chi connectivity index (χ1n) is 7.43. The fourth-order valence-corrected chi connectivity index (χ4v) is 2.62.